The Morgan fingerprint density at radius 2 is 1.95 bits per heavy atom. The predicted octanol–water partition coefficient (Wildman–Crippen LogP) is 2.08. The number of nitrogen functional groups attached to an aromatic ring is 1. The molecular formula is C13H19Cl2N3O. The normalized spacial score (nSPS) is 23.4. The molecule has 1 heterocycles. The molecule has 1 aliphatic rings. The summed E-state index contributed by atoms with van der Waals surface area (Å²) in [7, 11) is 4.02. The number of aliphatic hydroxyl groups is 1. The zero-order chi connectivity index (χ0) is 14.2. The van der Waals surface area contributed by atoms with E-state index in [0.29, 0.717) is 22.3 Å². The first-order valence-electron chi connectivity index (χ1n) is 6.22. The van der Waals surface area contributed by atoms with Gasteiger partial charge in [0.15, 0.2) is 0 Å². The molecule has 4 nitrogen and oxygen atoms in total. The highest BCUT2D eigenvalue weighted by atomic mass is 35.5. The summed E-state index contributed by atoms with van der Waals surface area (Å²) in [5.41, 5.74) is 7.03. The highest BCUT2D eigenvalue weighted by Gasteiger charge is 2.33. The van der Waals surface area contributed by atoms with Gasteiger partial charge in [-0.05, 0) is 32.6 Å². The minimum absolute atomic E-state index is 0.198. The molecule has 0 aromatic heterocycles. The van der Waals surface area contributed by atoms with Crippen molar-refractivity contribution >= 4 is 34.6 Å². The zero-order valence-electron chi connectivity index (χ0n) is 11.1. The monoisotopic (exact) mass is 303 g/mol. The molecule has 2 unspecified atom stereocenters. The van der Waals surface area contributed by atoms with E-state index in [2.05, 4.69) is 9.80 Å². The minimum atomic E-state index is -0.352. The number of nitrogens with two attached hydrogens (primary N) is 1. The number of hydrogen-bond donors (Lipinski definition) is 2. The van der Waals surface area contributed by atoms with E-state index in [4.69, 9.17) is 28.9 Å². The number of benzene rings is 1. The van der Waals surface area contributed by atoms with Crippen LogP contribution in [0.1, 0.15) is 6.42 Å². The van der Waals surface area contributed by atoms with E-state index in [1.807, 2.05) is 14.1 Å². The molecule has 0 amide bonds. The summed E-state index contributed by atoms with van der Waals surface area (Å²) < 4.78 is 0. The van der Waals surface area contributed by atoms with Crippen molar-refractivity contribution in [1.29, 1.82) is 0 Å². The second-order valence-electron chi connectivity index (χ2n) is 5.29. The van der Waals surface area contributed by atoms with Crippen LogP contribution >= 0.6 is 23.2 Å². The highest BCUT2D eigenvalue weighted by Crippen LogP contribution is 2.39. The van der Waals surface area contributed by atoms with Crippen molar-refractivity contribution in [3.8, 4) is 0 Å². The van der Waals surface area contributed by atoms with Crippen LogP contribution in [0, 0.1) is 0 Å². The lowest BCUT2D eigenvalue weighted by atomic mass is 10.2. The molecule has 0 radical (unpaired) electrons. The quantitative estimate of drug-likeness (QED) is 0.840. The molecule has 106 valence electrons. The lowest BCUT2D eigenvalue weighted by Crippen LogP contribution is -2.37. The maximum atomic E-state index is 9.91. The fourth-order valence-electron chi connectivity index (χ4n) is 2.62. The van der Waals surface area contributed by atoms with Crippen LogP contribution in [0.5, 0.6) is 0 Å². The van der Waals surface area contributed by atoms with Crippen molar-refractivity contribution in [2.45, 2.75) is 18.6 Å². The second kappa shape index (κ2) is 5.75. The predicted molar refractivity (Wildman–Crippen MR) is 81.2 cm³/mol. The number of aliphatic hydroxyl groups excluding tert-OH is 1. The number of likely N-dealkylation sites (N-methyl/N-ethyl adjacent to an activating group) is 1. The van der Waals surface area contributed by atoms with Gasteiger partial charge in [-0.25, -0.2) is 0 Å². The molecular weight excluding hydrogens is 285 g/mol. The van der Waals surface area contributed by atoms with E-state index in [1.165, 1.54) is 0 Å². The Balaban J connectivity index is 2.34. The van der Waals surface area contributed by atoms with Crippen molar-refractivity contribution in [1.82, 2.24) is 4.90 Å². The van der Waals surface area contributed by atoms with Gasteiger partial charge in [-0.1, -0.05) is 23.2 Å². The highest BCUT2D eigenvalue weighted by molar-refractivity contribution is 6.39. The SMILES string of the molecule is CN(C)CC1CC(O)CN1c1c(Cl)cc(N)cc1Cl. The molecule has 1 saturated heterocycles. The van der Waals surface area contributed by atoms with E-state index in [-0.39, 0.29) is 12.1 Å². The average molecular weight is 304 g/mol. The molecule has 0 bridgehead atoms. The van der Waals surface area contributed by atoms with Crippen molar-refractivity contribution < 1.29 is 5.11 Å². The first-order valence-corrected chi connectivity index (χ1v) is 6.98. The summed E-state index contributed by atoms with van der Waals surface area (Å²) in [6.45, 7) is 1.38. The van der Waals surface area contributed by atoms with Crippen LogP contribution in [-0.2, 0) is 0 Å². The van der Waals surface area contributed by atoms with Gasteiger partial charge in [-0.2, -0.15) is 0 Å². The van der Waals surface area contributed by atoms with Crippen LogP contribution in [0.2, 0.25) is 10.0 Å². The molecule has 0 saturated carbocycles. The lowest BCUT2D eigenvalue weighted by Gasteiger charge is -2.30. The Labute approximate surface area is 123 Å². The van der Waals surface area contributed by atoms with Gasteiger partial charge in [0.05, 0.1) is 21.8 Å². The smallest absolute Gasteiger partial charge is 0.0750 e. The fourth-order valence-corrected chi connectivity index (χ4v) is 3.34. The Bertz CT molecular complexity index is 444. The summed E-state index contributed by atoms with van der Waals surface area (Å²) in [5, 5.41) is 11.0. The second-order valence-corrected chi connectivity index (χ2v) is 6.11. The molecule has 1 aliphatic heterocycles. The maximum Gasteiger partial charge on any atom is 0.0750 e. The van der Waals surface area contributed by atoms with Crippen molar-refractivity contribution in [3.05, 3.63) is 22.2 Å². The Hall–Kier alpha value is -0.680. The summed E-state index contributed by atoms with van der Waals surface area (Å²) in [5.74, 6) is 0. The molecule has 2 rings (SSSR count). The van der Waals surface area contributed by atoms with E-state index in [1.54, 1.807) is 12.1 Å². The first-order chi connectivity index (χ1) is 8.88. The third-order valence-electron chi connectivity index (χ3n) is 3.29. The van der Waals surface area contributed by atoms with Crippen LogP contribution < -0.4 is 10.6 Å². The number of hydrogen-bond acceptors (Lipinski definition) is 4. The van der Waals surface area contributed by atoms with Gasteiger partial charge >= 0.3 is 0 Å². The molecule has 2 atom stereocenters. The van der Waals surface area contributed by atoms with Gasteiger partial charge in [-0.3, -0.25) is 0 Å². The van der Waals surface area contributed by atoms with Crippen LogP contribution in [0.4, 0.5) is 11.4 Å². The van der Waals surface area contributed by atoms with Crippen molar-refractivity contribution in [2.75, 3.05) is 37.8 Å². The van der Waals surface area contributed by atoms with Crippen molar-refractivity contribution in [3.63, 3.8) is 0 Å². The summed E-state index contributed by atoms with van der Waals surface area (Å²) in [6, 6.07) is 3.59. The molecule has 0 spiro atoms. The third-order valence-corrected chi connectivity index (χ3v) is 3.87. The van der Waals surface area contributed by atoms with Gasteiger partial charge in [0.2, 0.25) is 0 Å². The van der Waals surface area contributed by atoms with E-state index < -0.39 is 0 Å². The number of nitrogens with zero attached hydrogens (tertiary/aromatic N) is 2. The first kappa shape index (κ1) is 14.7. The van der Waals surface area contributed by atoms with Gasteiger partial charge in [0.1, 0.15) is 0 Å². The molecule has 3 N–H and O–H groups in total. The maximum absolute atomic E-state index is 9.91. The lowest BCUT2D eigenvalue weighted by molar-refractivity contribution is 0.191. The number of β-amino-alcohol motifs (C(OH)–C–C–N with tert-alkyl or cyclic N) is 1. The van der Waals surface area contributed by atoms with Crippen molar-refractivity contribution in [2.24, 2.45) is 0 Å². The summed E-state index contributed by atoms with van der Waals surface area (Å²) in [6.07, 6.45) is 0.365. The third kappa shape index (κ3) is 3.26. The minimum Gasteiger partial charge on any atom is -0.399 e. The molecule has 6 heteroatoms. The van der Waals surface area contributed by atoms with Crippen LogP contribution in [0.15, 0.2) is 12.1 Å². The van der Waals surface area contributed by atoms with Gasteiger partial charge in [-0.15, -0.1) is 0 Å². The molecule has 1 aromatic rings. The molecule has 1 aromatic carbocycles. The van der Waals surface area contributed by atoms with Crippen LogP contribution in [0.3, 0.4) is 0 Å². The number of rotatable bonds is 3. The summed E-state index contributed by atoms with van der Waals surface area (Å²) >= 11 is 12.5. The van der Waals surface area contributed by atoms with Crippen LogP contribution in [-0.4, -0.2) is 49.3 Å². The number of anilines is 2. The van der Waals surface area contributed by atoms with Crippen LogP contribution in [0.25, 0.3) is 0 Å². The van der Waals surface area contributed by atoms with E-state index >= 15 is 0 Å². The van der Waals surface area contributed by atoms with Gasteiger partial charge < -0.3 is 20.6 Å². The molecule has 1 fully saturated rings. The molecule has 0 aliphatic carbocycles. The Morgan fingerprint density at radius 1 is 1.37 bits per heavy atom. The topological polar surface area (TPSA) is 52.7 Å². The summed E-state index contributed by atoms with van der Waals surface area (Å²) in [4.78, 5) is 4.17. The van der Waals surface area contributed by atoms with E-state index in [0.717, 1.165) is 18.7 Å². The average Bonchev–Trinajstić information content (AvgIpc) is 2.56. The molecule has 19 heavy (non-hydrogen) atoms. The number of halogens is 2. The van der Waals surface area contributed by atoms with Gasteiger partial charge in [0.25, 0.3) is 0 Å². The standard InChI is InChI=1S/C13H19Cl2N3O/c1-17(2)6-9-5-10(19)7-18(9)13-11(14)3-8(16)4-12(13)15/h3-4,9-10,19H,5-7,16H2,1-2H3. The van der Waals surface area contributed by atoms with E-state index in [9.17, 15) is 5.11 Å². The Morgan fingerprint density at radius 3 is 2.47 bits per heavy atom. The zero-order valence-corrected chi connectivity index (χ0v) is 12.6. The Kier molecular flexibility index (Phi) is 4.46. The van der Waals surface area contributed by atoms with Gasteiger partial charge in [0, 0.05) is 24.8 Å². The fraction of sp³-hybridized carbons (Fsp3) is 0.538. The largest absolute Gasteiger partial charge is 0.399 e.